The van der Waals surface area contributed by atoms with Gasteiger partial charge < -0.3 is 9.47 Å². The number of nitrogens with zero attached hydrogens (tertiary/aromatic N) is 1. The minimum Gasteiger partial charge on any atom is -0.442 e. The van der Waals surface area contributed by atoms with E-state index in [4.69, 9.17) is 14.4 Å². The minimum absolute atomic E-state index is 0.164. The van der Waals surface area contributed by atoms with E-state index < -0.39 is 5.97 Å². The fourth-order valence-corrected chi connectivity index (χ4v) is 6.20. The van der Waals surface area contributed by atoms with E-state index in [0.717, 1.165) is 37.7 Å². The average Bonchev–Trinajstić information content (AvgIpc) is 3.49. The number of carbonyl (C=O) groups is 2. The Morgan fingerprint density at radius 2 is 1.72 bits per heavy atom. The molecule has 7 heteroatoms. The normalized spacial score (nSPS) is 19.1. The molecule has 0 saturated carbocycles. The first kappa shape index (κ1) is 29.1. The lowest BCUT2D eigenvalue weighted by Crippen LogP contribution is -2.46. The van der Waals surface area contributed by atoms with Crippen molar-refractivity contribution in [2.24, 2.45) is 5.92 Å². The van der Waals surface area contributed by atoms with Gasteiger partial charge in [-0.2, -0.15) is 4.89 Å². The number of carbonyl (C=O) groups excluding carboxylic acids is 2. The molecule has 0 spiro atoms. The van der Waals surface area contributed by atoms with Crippen molar-refractivity contribution in [3.05, 3.63) is 70.8 Å². The van der Waals surface area contributed by atoms with Crippen LogP contribution in [0.3, 0.4) is 0 Å². The summed E-state index contributed by atoms with van der Waals surface area (Å²) in [6, 6.07) is 16.9. The number of amides is 1. The minimum atomic E-state index is -0.454. The first-order valence-corrected chi connectivity index (χ1v) is 14.2. The van der Waals surface area contributed by atoms with Gasteiger partial charge in [0.25, 0.3) is 0 Å². The van der Waals surface area contributed by atoms with Crippen LogP contribution in [0.2, 0.25) is 0 Å². The maximum atomic E-state index is 12.9. The molecule has 0 bridgehead atoms. The molecule has 0 radical (unpaired) electrons. The van der Waals surface area contributed by atoms with Crippen LogP contribution in [0.25, 0.3) is 0 Å². The van der Waals surface area contributed by atoms with Crippen molar-refractivity contribution < 1.29 is 28.8 Å². The molecule has 0 N–H and O–H groups in total. The van der Waals surface area contributed by atoms with E-state index in [1.165, 1.54) is 23.6 Å². The highest BCUT2D eigenvalue weighted by molar-refractivity contribution is 5.71. The SMILES string of the molecule is CCC(CCOOC(C)=O)c1ccccc1[C@@H](C)OC[C@H]1CN(C(C)(C)CC2Cc3ccccc3C2)C(=O)O1. The standard InChI is InChI=1S/C32H43NO6/c1-6-25(15-16-37-39-23(3)34)30-14-10-9-13-29(30)22(2)36-21-28-20-33(31(35)38-28)32(4,5)19-24-17-26-11-7-8-12-27(26)18-24/h7-14,22,24-25,28H,6,15-21H2,1-5H3/t22-,25?,28-/m1/s1. The second-order valence-corrected chi connectivity index (χ2v) is 11.6. The van der Waals surface area contributed by atoms with Crippen molar-refractivity contribution in [3.8, 4) is 0 Å². The zero-order valence-electron chi connectivity index (χ0n) is 24.0. The van der Waals surface area contributed by atoms with E-state index in [2.05, 4.69) is 62.1 Å². The van der Waals surface area contributed by atoms with Crippen molar-refractivity contribution in [1.82, 2.24) is 4.90 Å². The van der Waals surface area contributed by atoms with Crippen molar-refractivity contribution in [2.75, 3.05) is 19.8 Å². The van der Waals surface area contributed by atoms with Crippen LogP contribution < -0.4 is 0 Å². The summed E-state index contributed by atoms with van der Waals surface area (Å²) in [4.78, 5) is 35.4. The summed E-state index contributed by atoms with van der Waals surface area (Å²) in [6.07, 6.45) is 4.01. The maximum Gasteiger partial charge on any atom is 0.410 e. The van der Waals surface area contributed by atoms with E-state index in [0.29, 0.717) is 25.7 Å². The lowest BCUT2D eigenvalue weighted by molar-refractivity contribution is -0.270. The molecule has 1 amide bonds. The van der Waals surface area contributed by atoms with Gasteiger partial charge in [-0.3, -0.25) is 9.79 Å². The number of cyclic esters (lactones) is 1. The Labute approximate surface area is 232 Å². The highest BCUT2D eigenvalue weighted by atomic mass is 17.2. The Kier molecular flexibility index (Phi) is 9.67. The molecule has 1 saturated heterocycles. The van der Waals surface area contributed by atoms with Gasteiger partial charge in [-0.1, -0.05) is 55.5 Å². The highest BCUT2D eigenvalue weighted by Crippen LogP contribution is 2.36. The second-order valence-electron chi connectivity index (χ2n) is 11.6. The monoisotopic (exact) mass is 537 g/mol. The van der Waals surface area contributed by atoms with Gasteiger partial charge in [0.15, 0.2) is 0 Å². The first-order valence-electron chi connectivity index (χ1n) is 14.2. The van der Waals surface area contributed by atoms with E-state index in [-0.39, 0.29) is 29.8 Å². The molecule has 39 heavy (non-hydrogen) atoms. The first-order chi connectivity index (χ1) is 18.7. The molecule has 7 nitrogen and oxygen atoms in total. The van der Waals surface area contributed by atoms with Crippen LogP contribution in [0.15, 0.2) is 48.5 Å². The molecule has 0 aromatic heterocycles. The van der Waals surface area contributed by atoms with E-state index in [1.807, 2.05) is 24.0 Å². The predicted molar refractivity (Wildman–Crippen MR) is 149 cm³/mol. The summed E-state index contributed by atoms with van der Waals surface area (Å²) >= 11 is 0. The van der Waals surface area contributed by atoms with Crippen LogP contribution in [0.1, 0.15) is 88.2 Å². The Hall–Kier alpha value is -2.90. The summed E-state index contributed by atoms with van der Waals surface area (Å²) in [5, 5.41) is 0. The summed E-state index contributed by atoms with van der Waals surface area (Å²) in [6.45, 7) is 11.0. The van der Waals surface area contributed by atoms with Crippen molar-refractivity contribution >= 4 is 12.1 Å². The van der Waals surface area contributed by atoms with Gasteiger partial charge in [0.2, 0.25) is 0 Å². The molecule has 2 aliphatic rings. The maximum absolute atomic E-state index is 12.9. The third-order valence-electron chi connectivity index (χ3n) is 8.15. The largest absolute Gasteiger partial charge is 0.442 e. The number of fused-ring (bicyclic) bond motifs is 1. The second kappa shape index (κ2) is 13.0. The number of hydrogen-bond acceptors (Lipinski definition) is 6. The van der Waals surface area contributed by atoms with Gasteiger partial charge in [0, 0.05) is 12.5 Å². The Balaban J connectivity index is 1.31. The third-order valence-corrected chi connectivity index (χ3v) is 8.15. The molecule has 4 rings (SSSR count). The quantitative estimate of drug-likeness (QED) is 0.164. The van der Waals surface area contributed by atoms with Crippen molar-refractivity contribution in [2.45, 2.75) is 90.4 Å². The zero-order valence-corrected chi connectivity index (χ0v) is 24.0. The van der Waals surface area contributed by atoms with Gasteiger partial charge in [-0.25, -0.2) is 9.59 Å². The molecule has 212 valence electrons. The molecule has 2 aromatic rings. The van der Waals surface area contributed by atoms with Crippen LogP contribution in [-0.4, -0.2) is 48.4 Å². The van der Waals surface area contributed by atoms with Gasteiger partial charge in [0.05, 0.1) is 25.9 Å². The van der Waals surface area contributed by atoms with Gasteiger partial charge in [-0.05, 0) is 87.0 Å². The number of rotatable bonds is 13. The lowest BCUT2D eigenvalue weighted by Gasteiger charge is -2.35. The van der Waals surface area contributed by atoms with Crippen LogP contribution in [0, 0.1) is 5.92 Å². The fraction of sp³-hybridized carbons (Fsp3) is 0.562. The zero-order chi connectivity index (χ0) is 28.0. The van der Waals surface area contributed by atoms with E-state index in [1.54, 1.807) is 0 Å². The Morgan fingerprint density at radius 1 is 1.08 bits per heavy atom. The number of ether oxygens (including phenoxy) is 2. The lowest BCUT2D eigenvalue weighted by atomic mass is 9.87. The van der Waals surface area contributed by atoms with E-state index >= 15 is 0 Å². The molecule has 1 aliphatic heterocycles. The molecule has 1 unspecified atom stereocenters. The average molecular weight is 538 g/mol. The third kappa shape index (κ3) is 7.40. The number of hydrogen-bond donors (Lipinski definition) is 0. The highest BCUT2D eigenvalue weighted by Gasteiger charge is 2.42. The molecule has 1 heterocycles. The van der Waals surface area contributed by atoms with Crippen LogP contribution >= 0.6 is 0 Å². The van der Waals surface area contributed by atoms with Crippen LogP contribution in [0.4, 0.5) is 4.79 Å². The number of benzene rings is 2. The molecular weight excluding hydrogens is 494 g/mol. The van der Waals surface area contributed by atoms with Crippen molar-refractivity contribution in [3.63, 3.8) is 0 Å². The van der Waals surface area contributed by atoms with Crippen LogP contribution in [-0.2, 0) is 36.9 Å². The van der Waals surface area contributed by atoms with E-state index in [9.17, 15) is 9.59 Å². The summed E-state index contributed by atoms with van der Waals surface area (Å²) < 4.78 is 12.0. The fourth-order valence-electron chi connectivity index (χ4n) is 6.20. The smallest absolute Gasteiger partial charge is 0.410 e. The van der Waals surface area contributed by atoms with Crippen LogP contribution in [0.5, 0.6) is 0 Å². The van der Waals surface area contributed by atoms with Crippen molar-refractivity contribution in [1.29, 1.82) is 0 Å². The molecule has 3 atom stereocenters. The summed E-state index contributed by atoms with van der Waals surface area (Å²) in [5.41, 5.74) is 4.89. The predicted octanol–water partition coefficient (Wildman–Crippen LogP) is 6.55. The molecule has 1 aliphatic carbocycles. The summed E-state index contributed by atoms with van der Waals surface area (Å²) in [7, 11) is 0. The molecule has 1 fully saturated rings. The van der Waals surface area contributed by atoms with Gasteiger partial charge in [-0.15, -0.1) is 0 Å². The molecular formula is C32H43NO6. The van der Waals surface area contributed by atoms with Gasteiger partial charge >= 0.3 is 12.1 Å². The molecule has 2 aromatic carbocycles. The Bertz CT molecular complexity index is 1110. The topological polar surface area (TPSA) is 74.3 Å². The summed E-state index contributed by atoms with van der Waals surface area (Å²) in [5.74, 6) is 0.317. The van der Waals surface area contributed by atoms with Gasteiger partial charge in [0.1, 0.15) is 6.10 Å². The Morgan fingerprint density at radius 3 is 2.36 bits per heavy atom.